The first kappa shape index (κ1) is 29.8. The smallest absolute Gasteiger partial charge is 0.323 e. The molecule has 0 saturated carbocycles. The van der Waals surface area contributed by atoms with Gasteiger partial charge in [-0.15, -0.1) is 0 Å². The molecule has 0 fully saturated rings. The number of amides is 2. The van der Waals surface area contributed by atoms with Gasteiger partial charge in [0.25, 0.3) is 0 Å². The third kappa shape index (κ3) is 11.8. The molecule has 0 aliphatic rings. The number of ether oxygens (including phenoxy) is 2. The number of para-hydroxylation sites is 1. The molecule has 1 aromatic carbocycles. The number of benzene rings is 1. The van der Waals surface area contributed by atoms with Crippen LogP contribution in [-0.2, 0) is 28.4 Å². The van der Waals surface area contributed by atoms with Crippen molar-refractivity contribution < 1.29 is 32.9 Å². The van der Waals surface area contributed by atoms with Crippen LogP contribution in [0.5, 0.6) is 5.75 Å². The van der Waals surface area contributed by atoms with Gasteiger partial charge in [-0.3, -0.25) is 14.4 Å². The van der Waals surface area contributed by atoms with Crippen molar-refractivity contribution in [1.82, 2.24) is 15.3 Å². The Labute approximate surface area is 206 Å². The average Bonchev–Trinajstić information content (AvgIpc) is 2.85. The lowest BCUT2D eigenvalue weighted by atomic mass is 10.2. The predicted octanol–water partition coefficient (Wildman–Crippen LogP) is 2.93. The molecule has 2 N–H and O–H groups in total. The van der Waals surface area contributed by atoms with Crippen molar-refractivity contribution >= 4 is 38.4 Å². The minimum atomic E-state index is -1.75. The zero-order valence-electron chi connectivity index (χ0n) is 19.8. The SMILES string of the molecule is CCCOC(=O)[C@H](C)NP(OCC(CC(Cl)N(C=O)/C=C\C(=O)NC)OC)Oc1ccccc1. The molecular weight excluding hydrogens is 485 g/mol. The average molecular weight is 518 g/mol. The van der Waals surface area contributed by atoms with E-state index in [4.69, 9.17) is 30.1 Å². The number of nitrogens with zero attached hydrogens (tertiary/aromatic N) is 1. The van der Waals surface area contributed by atoms with Gasteiger partial charge in [0.15, 0.2) is 0 Å². The van der Waals surface area contributed by atoms with Gasteiger partial charge in [0.2, 0.25) is 12.3 Å². The lowest BCUT2D eigenvalue weighted by molar-refractivity contribution is -0.145. The fraction of sp³-hybridized carbons (Fsp3) is 0.500. The molecule has 0 bridgehead atoms. The maximum absolute atomic E-state index is 12.2. The highest BCUT2D eigenvalue weighted by Gasteiger charge is 2.25. The topological polar surface area (TPSA) is 115 Å². The molecule has 0 aliphatic heterocycles. The van der Waals surface area contributed by atoms with Crippen molar-refractivity contribution in [2.24, 2.45) is 0 Å². The van der Waals surface area contributed by atoms with E-state index >= 15 is 0 Å². The van der Waals surface area contributed by atoms with Gasteiger partial charge < -0.3 is 28.7 Å². The second-order valence-electron chi connectivity index (χ2n) is 6.99. The fourth-order valence-electron chi connectivity index (χ4n) is 2.36. The Bertz CT molecular complexity index is 772. The molecule has 12 heteroatoms. The van der Waals surface area contributed by atoms with E-state index in [0.29, 0.717) is 18.8 Å². The highest BCUT2D eigenvalue weighted by atomic mass is 35.5. The summed E-state index contributed by atoms with van der Waals surface area (Å²) in [5.74, 6) is -0.224. The molecule has 0 saturated heterocycles. The number of halogens is 1. The van der Waals surface area contributed by atoms with Crippen LogP contribution in [0, 0.1) is 0 Å². The van der Waals surface area contributed by atoms with Crippen LogP contribution in [0.3, 0.4) is 0 Å². The summed E-state index contributed by atoms with van der Waals surface area (Å²) in [7, 11) is 1.22. The highest BCUT2D eigenvalue weighted by molar-refractivity contribution is 7.45. The van der Waals surface area contributed by atoms with Gasteiger partial charge in [-0.05, 0) is 25.5 Å². The largest absolute Gasteiger partial charge is 0.465 e. The first-order valence-corrected chi connectivity index (χ1v) is 12.3. The van der Waals surface area contributed by atoms with E-state index in [9.17, 15) is 14.4 Å². The standard InChI is InChI=1S/C22H33ClN3O7P/c1-5-13-31-22(29)17(2)25-34(33-18-9-7-6-8-10-18)32-15-19(30-4)14-20(23)26(16-27)12-11-21(28)24-3/h6-12,16-17,19-20,25H,5,13-15H2,1-4H3,(H,24,28)/b12-11-/t17-,19?,20?,34?/m0/s1. The van der Waals surface area contributed by atoms with E-state index in [0.717, 1.165) is 11.3 Å². The number of hydrogen-bond acceptors (Lipinski definition) is 8. The first-order chi connectivity index (χ1) is 16.3. The van der Waals surface area contributed by atoms with E-state index < -0.39 is 32.1 Å². The minimum Gasteiger partial charge on any atom is -0.465 e. The van der Waals surface area contributed by atoms with Crippen molar-refractivity contribution in [2.45, 2.75) is 44.3 Å². The third-order valence-corrected chi connectivity index (χ3v) is 6.05. The molecule has 190 valence electrons. The molecule has 0 radical (unpaired) electrons. The molecule has 0 aliphatic carbocycles. The number of methoxy groups -OCH3 is 1. The molecular formula is C22H33ClN3O7P. The summed E-state index contributed by atoms with van der Waals surface area (Å²) in [6.07, 6.45) is 3.41. The number of likely N-dealkylation sites (N-methyl/N-ethyl adjacent to an activating group) is 1. The van der Waals surface area contributed by atoms with E-state index in [1.165, 1.54) is 26.4 Å². The number of alkyl halides is 1. The monoisotopic (exact) mass is 517 g/mol. The second-order valence-corrected chi connectivity index (χ2v) is 8.70. The fourth-order valence-corrected chi connectivity index (χ4v) is 3.89. The van der Waals surface area contributed by atoms with E-state index in [1.54, 1.807) is 19.1 Å². The minimum absolute atomic E-state index is 0.0633. The Morgan fingerprint density at radius 2 is 1.97 bits per heavy atom. The Hall–Kier alpha value is -2.23. The van der Waals surface area contributed by atoms with E-state index in [2.05, 4.69) is 10.4 Å². The highest BCUT2D eigenvalue weighted by Crippen LogP contribution is 2.36. The van der Waals surface area contributed by atoms with Crippen LogP contribution in [-0.4, -0.2) is 68.2 Å². The van der Waals surface area contributed by atoms with E-state index in [1.807, 2.05) is 25.1 Å². The molecule has 0 spiro atoms. The number of rotatable bonds is 17. The lowest BCUT2D eigenvalue weighted by Crippen LogP contribution is -2.35. The summed E-state index contributed by atoms with van der Waals surface area (Å²) in [6, 6.07) is 8.36. The van der Waals surface area contributed by atoms with Crippen molar-refractivity contribution in [2.75, 3.05) is 27.4 Å². The third-order valence-electron chi connectivity index (χ3n) is 4.29. The van der Waals surface area contributed by atoms with Gasteiger partial charge >= 0.3 is 14.5 Å². The summed E-state index contributed by atoms with van der Waals surface area (Å²) < 4.78 is 22.4. The number of esters is 1. The van der Waals surface area contributed by atoms with Gasteiger partial charge in [0.05, 0.1) is 19.3 Å². The van der Waals surface area contributed by atoms with Gasteiger partial charge in [-0.1, -0.05) is 36.7 Å². The van der Waals surface area contributed by atoms with Crippen molar-refractivity contribution in [1.29, 1.82) is 0 Å². The second kappa shape index (κ2) is 17.2. The Morgan fingerprint density at radius 1 is 1.26 bits per heavy atom. The van der Waals surface area contributed by atoms with Crippen molar-refractivity contribution in [3.63, 3.8) is 0 Å². The summed E-state index contributed by atoms with van der Waals surface area (Å²) in [6.45, 7) is 3.96. The maximum atomic E-state index is 12.2. The zero-order valence-corrected chi connectivity index (χ0v) is 21.5. The first-order valence-electron chi connectivity index (χ1n) is 10.7. The van der Waals surface area contributed by atoms with Gasteiger partial charge in [0, 0.05) is 32.9 Å². The quantitative estimate of drug-likeness (QED) is 0.0809. The van der Waals surface area contributed by atoms with Crippen molar-refractivity contribution in [3.05, 3.63) is 42.6 Å². The van der Waals surface area contributed by atoms with Crippen LogP contribution >= 0.6 is 20.1 Å². The van der Waals surface area contributed by atoms with Crippen LogP contribution in [0.2, 0.25) is 0 Å². The molecule has 34 heavy (non-hydrogen) atoms. The van der Waals surface area contributed by atoms with Crippen molar-refractivity contribution in [3.8, 4) is 5.75 Å². The Balaban J connectivity index is 2.78. The van der Waals surface area contributed by atoms with Crippen LogP contribution in [0.1, 0.15) is 26.7 Å². The molecule has 1 aromatic rings. The maximum Gasteiger partial charge on any atom is 0.323 e. The predicted molar refractivity (Wildman–Crippen MR) is 130 cm³/mol. The summed E-state index contributed by atoms with van der Waals surface area (Å²) in [5.41, 5.74) is -0.788. The van der Waals surface area contributed by atoms with Crippen LogP contribution in [0.15, 0.2) is 42.6 Å². The molecule has 2 amide bonds. The lowest BCUT2D eigenvalue weighted by Gasteiger charge is -2.26. The summed E-state index contributed by atoms with van der Waals surface area (Å²) in [4.78, 5) is 36.1. The van der Waals surface area contributed by atoms with Gasteiger partial charge in [-0.2, -0.15) is 0 Å². The number of nitrogens with one attached hydrogen (secondary N) is 2. The van der Waals surface area contributed by atoms with Crippen LogP contribution < -0.4 is 14.9 Å². The normalized spacial score (nSPS) is 14.6. The number of hydrogen-bond donors (Lipinski definition) is 2. The molecule has 4 atom stereocenters. The van der Waals surface area contributed by atoms with Gasteiger partial charge in [0.1, 0.15) is 17.3 Å². The molecule has 1 rings (SSSR count). The summed E-state index contributed by atoms with van der Waals surface area (Å²) >= 11 is 6.34. The van der Waals surface area contributed by atoms with Gasteiger partial charge in [-0.25, -0.2) is 5.09 Å². The number of carbonyl (C=O) groups excluding carboxylic acids is 3. The number of carbonyl (C=O) groups is 3. The summed E-state index contributed by atoms with van der Waals surface area (Å²) in [5, 5.41) is 5.43. The molecule has 0 heterocycles. The van der Waals surface area contributed by atoms with Crippen LogP contribution in [0.4, 0.5) is 0 Å². The molecule has 3 unspecified atom stereocenters. The Kier molecular flexibility index (Phi) is 15.1. The van der Waals surface area contributed by atoms with Crippen LogP contribution in [0.25, 0.3) is 0 Å². The van der Waals surface area contributed by atoms with E-state index in [-0.39, 0.29) is 18.9 Å². The molecule has 10 nitrogen and oxygen atoms in total. The zero-order chi connectivity index (χ0) is 25.3. The Morgan fingerprint density at radius 3 is 2.56 bits per heavy atom. The molecule has 0 aromatic heterocycles.